The van der Waals surface area contributed by atoms with Crippen LogP contribution in [0.4, 0.5) is 25.0 Å². The number of carbonyl (C=O) groups is 1. The normalized spacial score (nSPS) is 10.9. The fraction of sp³-hybridized carbons (Fsp3) is 0.227. The Hall–Kier alpha value is -4.00. The number of pyridine rings is 1. The third-order valence-electron chi connectivity index (χ3n) is 4.60. The van der Waals surface area contributed by atoms with Gasteiger partial charge in [-0.05, 0) is 38.1 Å². The zero-order chi connectivity index (χ0) is 24.9. The number of ether oxygens (including phenoxy) is 2. The largest absolute Gasteiger partial charge is 0.450 e. The molecular formula is C22H21F2N7O3S. The number of aromatic nitrogens is 5. The first-order valence-corrected chi connectivity index (χ1v) is 11.6. The number of hydrogen-bond donors (Lipinski definition) is 2. The zero-order valence-corrected chi connectivity index (χ0v) is 19.8. The van der Waals surface area contributed by atoms with Crippen molar-refractivity contribution in [3.8, 4) is 22.9 Å². The number of aryl methyl sites for hydroxylation is 1. The van der Waals surface area contributed by atoms with E-state index in [2.05, 4.69) is 30.3 Å². The third kappa shape index (κ3) is 5.40. The SMILES string of the molecule is CCOC(=O)Nc1cc(-c2cc(NSCC)cnc2Oc2ccc(F)cc2F)nn2c(C)nnc12. The van der Waals surface area contributed by atoms with Crippen molar-refractivity contribution in [1.29, 1.82) is 0 Å². The molecule has 4 rings (SSSR count). The predicted molar refractivity (Wildman–Crippen MR) is 128 cm³/mol. The lowest BCUT2D eigenvalue weighted by Crippen LogP contribution is -2.15. The van der Waals surface area contributed by atoms with Crippen LogP contribution in [0.25, 0.3) is 16.9 Å². The van der Waals surface area contributed by atoms with Gasteiger partial charge in [-0.25, -0.2) is 18.6 Å². The topological polar surface area (TPSA) is 116 Å². The summed E-state index contributed by atoms with van der Waals surface area (Å²) >= 11 is 1.45. The second-order valence-corrected chi connectivity index (χ2v) is 8.13. The maximum atomic E-state index is 14.3. The standard InChI is InChI=1S/C22H21F2N7O3S/c1-4-33-22(32)26-18-10-17(29-31-12(3)27-28-20(18)31)15-9-14(30-35-5-2)11-25-21(15)34-19-7-6-13(23)8-16(19)24/h6-11,30H,4-5H2,1-3H3,(H,26,32). The quantitative estimate of drug-likeness (QED) is 0.314. The average Bonchev–Trinajstić information content (AvgIpc) is 3.21. The first kappa shape index (κ1) is 24.1. The molecule has 0 aliphatic heterocycles. The van der Waals surface area contributed by atoms with E-state index in [1.807, 2.05) is 6.92 Å². The molecule has 0 aliphatic rings. The van der Waals surface area contributed by atoms with E-state index in [0.717, 1.165) is 17.9 Å². The van der Waals surface area contributed by atoms with E-state index in [1.54, 1.807) is 26.0 Å². The van der Waals surface area contributed by atoms with Gasteiger partial charge in [-0.2, -0.15) is 9.61 Å². The van der Waals surface area contributed by atoms with Crippen molar-refractivity contribution >= 4 is 35.1 Å². The lowest BCUT2D eigenvalue weighted by molar-refractivity contribution is 0.168. The Bertz CT molecular complexity index is 1380. The lowest BCUT2D eigenvalue weighted by atomic mass is 10.1. The maximum absolute atomic E-state index is 14.3. The first-order valence-electron chi connectivity index (χ1n) is 10.6. The van der Waals surface area contributed by atoms with Crippen LogP contribution < -0.4 is 14.8 Å². The van der Waals surface area contributed by atoms with Gasteiger partial charge in [-0.1, -0.05) is 18.9 Å². The number of nitrogens with zero attached hydrogens (tertiary/aromatic N) is 5. The Balaban J connectivity index is 1.85. The molecule has 0 unspecified atom stereocenters. The van der Waals surface area contributed by atoms with Crippen molar-refractivity contribution in [2.75, 3.05) is 22.4 Å². The number of amides is 1. The molecule has 3 aromatic heterocycles. The predicted octanol–water partition coefficient (Wildman–Crippen LogP) is 5.21. The lowest BCUT2D eigenvalue weighted by Gasteiger charge is -2.14. The molecule has 35 heavy (non-hydrogen) atoms. The number of fused-ring (bicyclic) bond motifs is 1. The van der Waals surface area contributed by atoms with Crippen molar-refractivity contribution in [2.24, 2.45) is 0 Å². The van der Waals surface area contributed by atoms with Crippen molar-refractivity contribution < 1.29 is 23.0 Å². The van der Waals surface area contributed by atoms with E-state index in [0.29, 0.717) is 28.4 Å². The molecule has 10 nitrogen and oxygen atoms in total. The van der Waals surface area contributed by atoms with Gasteiger partial charge in [0, 0.05) is 11.8 Å². The number of rotatable bonds is 8. The van der Waals surface area contributed by atoms with Gasteiger partial charge in [-0.15, -0.1) is 10.2 Å². The van der Waals surface area contributed by atoms with E-state index in [-0.39, 0.29) is 23.9 Å². The number of benzene rings is 1. The van der Waals surface area contributed by atoms with Crippen molar-refractivity contribution in [3.63, 3.8) is 0 Å². The van der Waals surface area contributed by atoms with Gasteiger partial charge in [0.1, 0.15) is 5.82 Å². The molecular weight excluding hydrogens is 480 g/mol. The van der Waals surface area contributed by atoms with E-state index < -0.39 is 17.7 Å². The molecule has 1 amide bonds. The molecule has 13 heteroatoms. The van der Waals surface area contributed by atoms with Gasteiger partial charge < -0.3 is 14.2 Å². The smallest absolute Gasteiger partial charge is 0.411 e. The first-order chi connectivity index (χ1) is 16.9. The molecule has 182 valence electrons. The molecule has 2 N–H and O–H groups in total. The van der Waals surface area contributed by atoms with E-state index >= 15 is 0 Å². The summed E-state index contributed by atoms with van der Waals surface area (Å²) in [6.45, 7) is 5.55. The molecule has 4 aromatic rings. The van der Waals surface area contributed by atoms with Crippen LogP contribution >= 0.6 is 11.9 Å². The molecule has 0 atom stereocenters. The second kappa shape index (κ2) is 10.5. The van der Waals surface area contributed by atoms with Gasteiger partial charge in [0.05, 0.1) is 35.4 Å². The van der Waals surface area contributed by atoms with Crippen LogP contribution in [0.2, 0.25) is 0 Å². The van der Waals surface area contributed by atoms with Crippen LogP contribution in [0.3, 0.4) is 0 Å². The number of carbonyl (C=O) groups excluding carboxylic acids is 1. The van der Waals surface area contributed by atoms with Crippen LogP contribution in [0.1, 0.15) is 19.7 Å². The number of nitrogens with one attached hydrogen (secondary N) is 2. The van der Waals surface area contributed by atoms with Crippen LogP contribution in [0.15, 0.2) is 36.5 Å². The Morgan fingerprint density at radius 3 is 2.74 bits per heavy atom. The minimum Gasteiger partial charge on any atom is -0.450 e. The van der Waals surface area contributed by atoms with Crippen LogP contribution in [-0.2, 0) is 4.74 Å². The van der Waals surface area contributed by atoms with Crippen LogP contribution in [-0.4, -0.2) is 43.2 Å². The molecule has 0 saturated carbocycles. The highest BCUT2D eigenvalue weighted by molar-refractivity contribution is 8.00. The fourth-order valence-corrected chi connectivity index (χ4v) is 3.50. The van der Waals surface area contributed by atoms with Gasteiger partial charge >= 0.3 is 6.09 Å². The molecule has 3 heterocycles. The molecule has 0 radical (unpaired) electrons. The van der Waals surface area contributed by atoms with Gasteiger partial charge in [-0.3, -0.25) is 5.32 Å². The number of halogens is 2. The van der Waals surface area contributed by atoms with Crippen molar-refractivity contribution in [3.05, 3.63) is 54.0 Å². The number of hydrogen-bond acceptors (Lipinski definition) is 9. The summed E-state index contributed by atoms with van der Waals surface area (Å²) in [4.78, 5) is 16.4. The van der Waals surface area contributed by atoms with Crippen molar-refractivity contribution in [2.45, 2.75) is 20.8 Å². The summed E-state index contributed by atoms with van der Waals surface area (Å²) < 4.78 is 43.0. The fourth-order valence-electron chi connectivity index (χ4n) is 3.07. The summed E-state index contributed by atoms with van der Waals surface area (Å²) in [5.74, 6) is -0.554. The molecule has 1 aromatic carbocycles. The summed E-state index contributed by atoms with van der Waals surface area (Å²) in [6, 6.07) is 6.24. The molecule has 0 bridgehead atoms. The average molecular weight is 502 g/mol. The molecule has 0 fully saturated rings. The van der Waals surface area contributed by atoms with E-state index in [4.69, 9.17) is 9.47 Å². The minimum atomic E-state index is -0.885. The summed E-state index contributed by atoms with van der Waals surface area (Å²) in [7, 11) is 0. The van der Waals surface area contributed by atoms with Gasteiger partial charge in [0.2, 0.25) is 11.5 Å². The Morgan fingerprint density at radius 1 is 1.17 bits per heavy atom. The van der Waals surface area contributed by atoms with Gasteiger partial charge in [0.15, 0.2) is 17.4 Å². The minimum absolute atomic E-state index is 0.0159. The molecule has 0 spiro atoms. The second-order valence-electron chi connectivity index (χ2n) is 7.06. The van der Waals surface area contributed by atoms with Crippen molar-refractivity contribution in [1.82, 2.24) is 24.8 Å². The zero-order valence-electron chi connectivity index (χ0n) is 19.0. The third-order valence-corrected chi connectivity index (χ3v) is 5.27. The highest BCUT2D eigenvalue weighted by atomic mass is 32.2. The number of anilines is 2. The maximum Gasteiger partial charge on any atom is 0.411 e. The summed E-state index contributed by atoms with van der Waals surface area (Å²) in [5, 5.41) is 15.3. The Labute approximate surface area is 203 Å². The van der Waals surface area contributed by atoms with E-state index in [9.17, 15) is 13.6 Å². The van der Waals surface area contributed by atoms with E-state index in [1.165, 1.54) is 28.7 Å². The molecule has 0 saturated heterocycles. The highest BCUT2D eigenvalue weighted by Crippen LogP contribution is 2.35. The highest BCUT2D eigenvalue weighted by Gasteiger charge is 2.19. The van der Waals surface area contributed by atoms with Gasteiger partial charge in [0.25, 0.3) is 0 Å². The summed E-state index contributed by atoms with van der Waals surface area (Å²) in [6.07, 6.45) is 0.841. The van der Waals surface area contributed by atoms with Crippen LogP contribution in [0.5, 0.6) is 11.6 Å². The Morgan fingerprint density at radius 2 is 2.00 bits per heavy atom. The van der Waals surface area contributed by atoms with Crippen LogP contribution in [0, 0.1) is 18.6 Å². The summed E-state index contributed by atoms with van der Waals surface area (Å²) in [5.41, 5.74) is 1.92. The monoisotopic (exact) mass is 501 g/mol. The molecule has 0 aliphatic carbocycles. The Kier molecular flexibility index (Phi) is 7.25.